The summed E-state index contributed by atoms with van der Waals surface area (Å²) in [6.07, 6.45) is 2.74. The van der Waals surface area contributed by atoms with Crippen LogP contribution in [0.1, 0.15) is 18.5 Å². The largest absolute Gasteiger partial charge is 0.373 e. The fourth-order valence-corrected chi connectivity index (χ4v) is 2.59. The first-order valence-electron chi connectivity index (χ1n) is 7.71. The number of carbonyl (C=O) groups excluding carboxylic acids is 2. The molecule has 2 amide bonds. The van der Waals surface area contributed by atoms with Crippen LogP contribution in [0.15, 0.2) is 18.5 Å². The maximum absolute atomic E-state index is 12.2. The number of aromatic nitrogens is 4. The summed E-state index contributed by atoms with van der Waals surface area (Å²) >= 11 is 0. The van der Waals surface area contributed by atoms with Gasteiger partial charge in [0.1, 0.15) is 18.0 Å². The van der Waals surface area contributed by atoms with E-state index in [0.29, 0.717) is 30.4 Å². The Kier molecular flexibility index (Phi) is 4.41. The minimum atomic E-state index is -0.255. The van der Waals surface area contributed by atoms with Crippen LogP contribution in [-0.4, -0.2) is 56.6 Å². The van der Waals surface area contributed by atoms with Crippen LogP contribution < -0.4 is 10.6 Å². The monoisotopic (exact) mass is 329 g/mol. The Hall–Kier alpha value is -2.97. The minimum Gasteiger partial charge on any atom is -0.373 e. The molecule has 1 aliphatic rings. The molecule has 0 unspecified atom stereocenters. The van der Waals surface area contributed by atoms with Gasteiger partial charge >= 0.3 is 0 Å². The molecule has 2 N–H and O–H groups in total. The zero-order valence-electron chi connectivity index (χ0n) is 13.6. The Bertz CT molecular complexity index is 771. The molecule has 1 fully saturated rings. The smallest absolute Gasteiger partial charge is 0.245 e. The Morgan fingerprint density at radius 1 is 1.33 bits per heavy atom. The third-order valence-electron chi connectivity index (χ3n) is 3.73. The second kappa shape index (κ2) is 6.65. The molecule has 126 valence electrons. The first kappa shape index (κ1) is 15.9. The highest BCUT2D eigenvalue weighted by Gasteiger charge is 2.23. The van der Waals surface area contributed by atoms with Crippen LogP contribution in [0.3, 0.4) is 0 Å². The van der Waals surface area contributed by atoms with E-state index >= 15 is 0 Å². The molecule has 24 heavy (non-hydrogen) atoms. The van der Waals surface area contributed by atoms with E-state index in [9.17, 15) is 9.59 Å². The summed E-state index contributed by atoms with van der Waals surface area (Å²) in [5.41, 5.74) is 0.743. The predicted molar refractivity (Wildman–Crippen MR) is 87.9 cm³/mol. The summed E-state index contributed by atoms with van der Waals surface area (Å²) in [7, 11) is 1.76. The summed E-state index contributed by atoms with van der Waals surface area (Å²) < 4.78 is 1.54. The van der Waals surface area contributed by atoms with Crippen molar-refractivity contribution in [3.05, 3.63) is 24.2 Å². The Morgan fingerprint density at radius 3 is 2.88 bits per heavy atom. The van der Waals surface area contributed by atoms with Gasteiger partial charge in [-0.05, 0) is 13.3 Å². The Balaban J connectivity index is 1.78. The van der Waals surface area contributed by atoms with Crippen molar-refractivity contribution in [2.45, 2.75) is 19.8 Å². The van der Waals surface area contributed by atoms with E-state index in [4.69, 9.17) is 0 Å². The fraction of sp³-hybridized carbons (Fsp3) is 0.400. The number of likely N-dealkylation sites (tertiary alicyclic amines) is 1. The maximum Gasteiger partial charge on any atom is 0.245 e. The molecule has 1 saturated heterocycles. The summed E-state index contributed by atoms with van der Waals surface area (Å²) in [5, 5.41) is 10.1. The van der Waals surface area contributed by atoms with Crippen LogP contribution in [0.2, 0.25) is 0 Å². The van der Waals surface area contributed by atoms with E-state index in [1.165, 1.54) is 6.33 Å². The molecule has 3 heterocycles. The quantitative estimate of drug-likeness (QED) is 0.831. The van der Waals surface area contributed by atoms with E-state index in [1.807, 2.05) is 6.92 Å². The number of rotatable bonds is 5. The average molecular weight is 329 g/mol. The first-order valence-corrected chi connectivity index (χ1v) is 7.71. The molecular weight excluding hydrogens is 310 g/mol. The zero-order valence-corrected chi connectivity index (χ0v) is 13.6. The van der Waals surface area contributed by atoms with Gasteiger partial charge in [-0.3, -0.25) is 9.59 Å². The highest BCUT2D eigenvalue weighted by Crippen LogP contribution is 2.17. The molecule has 2 aromatic heterocycles. The van der Waals surface area contributed by atoms with Crippen LogP contribution in [0, 0.1) is 6.92 Å². The van der Waals surface area contributed by atoms with Crippen LogP contribution in [0.5, 0.6) is 0 Å². The fourth-order valence-electron chi connectivity index (χ4n) is 2.59. The van der Waals surface area contributed by atoms with E-state index in [2.05, 4.69) is 25.7 Å². The van der Waals surface area contributed by atoms with Crippen molar-refractivity contribution >= 4 is 23.5 Å². The number of hydrogen-bond acceptors (Lipinski definition) is 6. The minimum absolute atomic E-state index is 0.0179. The van der Waals surface area contributed by atoms with Crippen LogP contribution in [0.25, 0.3) is 5.82 Å². The summed E-state index contributed by atoms with van der Waals surface area (Å²) in [6.45, 7) is 2.51. The Labute approximate surface area is 139 Å². The van der Waals surface area contributed by atoms with Gasteiger partial charge in [0.25, 0.3) is 0 Å². The molecule has 0 radical (unpaired) electrons. The Morgan fingerprint density at radius 2 is 2.17 bits per heavy atom. The van der Waals surface area contributed by atoms with Crippen molar-refractivity contribution in [1.29, 1.82) is 0 Å². The topological polar surface area (TPSA) is 105 Å². The van der Waals surface area contributed by atoms with Gasteiger partial charge in [0.2, 0.25) is 11.8 Å². The molecule has 0 aliphatic carbocycles. The lowest BCUT2D eigenvalue weighted by Crippen LogP contribution is -2.34. The standard InChI is InChI=1S/C15H19N7O2/c1-10-6-13(19-14(23)8-21-5-3-4-15(21)24)22(20-10)12-7-11(16-2)17-9-18-12/h6-7,9H,3-5,8H2,1-2H3,(H,19,23)(H,16,17,18). The number of aryl methyl sites for hydroxylation is 1. The molecule has 0 bridgehead atoms. The van der Waals surface area contributed by atoms with Gasteiger partial charge in [-0.15, -0.1) is 0 Å². The summed E-state index contributed by atoms with van der Waals surface area (Å²) in [6, 6.07) is 3.48. The van der Waals surface area contributed by atoms with E-state index in [1.54, 1.807) is 28.8 Å². The molecule has 3 rings (SSSR count). The predicted octanol–water partition coefficient (Wildman–Crippen LogP) is 0.573. The van der Waals surface area contributed by atoms with Crippen LogP contribution in [-0.2, 0) is 9.59 Å². The average Bonchev–Trinajstić information content (AvgIpc) is 3.13. The lowest BCUT2D eigenvalue weighted by Gasteiger charge is -2.15. The molecule has 9 nitrogen and oxygen atoms in total. The van der Waals surface area contributed by atoms with E-state index in [0.717, 1.165) is 12.1 Å². The van der Waals surface area contributed by atoms with Gasteiger partial charge in [0, 0.05) is 32.1 Å². The van der Waals surface area contributed by atoms with Gasteiger partial charge in [-0.1, -0.05) is 0 Å². The number of hydrogen-bond donors (Lipinski definition) is 2. The number of nitrogens with zero attached hydrogens (tertiary/aromatic N) is 5. The molecule has 0 saturated carbocycles. The molecule has 0 atom stereocenters. The lowest BCUT2D eigenvalue weighted by atomic mass is 10.4. The first-order chi connectivity index (χ1) is 11.6. The van der Waals surface area contributed by atoms with Gasteiger partial charge in [-0.25, -0.2) is 9.97 Å². The molecule has 9 heteroatoms. The number of amides is 2. The summed E-state index contributed by atoms with van der Waals surface area (Å²) in [4.78, 5) is 33.7. The molecule has 2 aromatic rings. The summed E-state index contributed by atoms with van der Waals surface area (Å²) in [5.74, 6) is 1.45. The van der Waals surface area contributed by atoms with Crippen molar-refractivity contribution in [2.75, 3.05) is 30.8 Å². The van der Waals surface area contributed by atoms with Crippen molar-refractivity contribution in [2.24, 2.45) is 0 Å². The molecular formula is C15H19N7O2. The van der Waals surface area contributed by atoms with Crippen LogP contribution >= 0.6 is 0 Å². The van der Waals surface area contributed by atoms with Crippen molar-refractivity contribution in [3.63, 3.8) is 0 Å². The SMILES string of the molecule is CNc1cc(-n2nc(C)cc2NC(=O)CN2CCCC2=O)ncn1. The van der Waals surface area contributed by atoms with E-state index in [-0.39, 0.29) is 18.4 Å². The van der Waals surface area contributed by atoms with Gasteiger partial charge in [-0.2, -0.15) is 9.78 Å². The number of nitrogens with one attached hydrogen (secondary N) is 2. The molecule has 0 aromatic carbocycles. The highest BCUT2D eigenvalue weighted by molar-refractivity contribution is 5.94. The van der Waals surface area contributed by atoms with Gasteiger partial charge in [0.05, 0.1) is 12.2 Å². The van der Waals surface area contributed by atoms with Crippen molar-refractivity contribution in [3.8, 4) is 5.82 Å². The van der Waals surface area contributed by atoms with Crippen LogP contribution in [0.4, 0.5) is 11.6 Å². The highest BCUT2D eigenvalue weighted by atomic mass is 16.2. The van der Waals surface area contributed by atoms with Crippen molar-refractivity contribution < 1.29 is 9.59 Å². The van der Waals surface area contributed by atoms with Gasteiger partial charge < -0.3 is 15.5 Å². The third kappa shape index (κ3) is 3.34. The van der Waals surface area contributed by atoms with E-state index < -0.39 is 0 Å². The van der Waals surface area contributed by atoms with Gasteiger partial charge in [0.15, 0.2) is 5.82 Å². The maximum atomic E-state index is 12.2. The third-order valence-corrected chi connectivity index (χ3v) is 3.73. The molecule has 0 spiro atoms. The second-order valence-electron chi connectivity index (χ2n) is 5.56. The number of anilines is 2. The normalized spacial score (nSPS) is 14.1. The number of carbonyl (C=O) groups is 2. The zero-order chi connectivity index (χ0) is 17.1. The van der Waals surface area contributed by atoms with Crippen molar-refractivity contribution in [1.82, 2.24) is 24.6 Å². The lowest BCUT2D eigenvalue weighted by molar-refractivity contribution is -0.131. The molecule has 1 aliphatic heterocycles. The second-order valence-corrected chi connectivity index (χ2v) is 5.56.